The van der Waals surface area contributed by atoms with Crippen LogP contribution < -0.4 is 10.1 Å². The summed E-state index contributed by atoms with van der Waals surface area (Å²) in [6, 6.07) is 3.19. The van der Waals surface area contributed by atoms with Crippen molar-refractivity contribution in [1.82, 2.24) is 5.32 Å². The van der Waals surface area contributed by atoms with Crippen LogP contribution in [-0.4, -0.2) is 30.1 Å². The minimum Gasteiger partial charge on any atom is -0.503 e. The predicted molar refractivity (Wildman–Crippen MR) is 115 cm³/mol. The van der Waals surface area contributed by atoms with E-state index in [1.807, 2.05) is 13.8 Å². The van der Waals surface area contributed by atoms with E-state index in [-0.39, 0.29) is 33.8 Å². The zero-order chi connectivity index (χ0) is 22.4. The molecule has 1 aromatic carbocycles. The van der Waals surface area contributed by atoms with Crippen LogP contribution in [0.15, 0.2) is 34.7 Å². The molecule has 0 aromatic heterocycles. The molecule has 2 aliphatic rings. The lowest BCUT2D eigenvalue weighted by atomic mass is 9.68. The molecule has 0 saturated carbocycles. The van der Waals surface area contributed by atoms with E-state index in [0.717, 1.165) is 5.70 Å². The molecule has 2 N–H and O–H groups in total. The number of nitrogens with one attached hydrogen (secondary N) is 1. The number of Topliss-reactive ketones (excluding diaryl/α,β-unsaturated/α-hetero) is 1. The largest absolute Gasteiger partial charge is 0.503 e. The maximum Gasteiger partial charge on any atom is 0.337 e. The average Bonchev–Trinajstić information content (AvgIpc) is 2.60. The van der Waals surface area contributed by atoms with E-state index in [9.17, 15) is 14.7 Å². The normalized spacial score (nSPS) is 20.8. The Hall–Kier alpha value is -2.47. The summed E-state index contributed by atoms with van der Waals surface area (Å²) in [6.07, 6.45) is 0.739. The van der Waals surface area contributed by atoms with Gasteiger partial charge in [-0.1, -0.05) is 25.4 Å². The maximum absolute atomic E-state index is 13.2. The number of ether oxygens (including phenoxy) is 2. The van der Waals surface area contributed by atoms with Crippen LogP contribution in [-0.2, 0) is 14.3 Å². The number of aromatic hydroxyl groups is 1. The van der Waals surface area contributed by atoms with E-state index < -0.39 is 11.9 Å². The number of phenolic OH excluding ortho intramolecular Hbond substituents is 1. The Bertz CT molecular complexity index is 974. The first-order valence-electron chi connectivity index (χ1n) is 9.96. The number of rotatable bonds is 4. The van der Waals surface area contributed by atoms with Crippen LogP contribution in [0.3, 0.4) is 0 Å². The van der Waals surface area contributed by atoms with Crippen LogP contribution in [0, 0.1) is 5.41 Å². The lowest BCUT2D eigenvalue weighted by molar-refractivity contribution is -0.143. The molecule has 0 fully saturated rings. The van der Waals surface area contributed by atoms with Gasteiger partial charge in [0.2, 0.25) is 0 Å². The molecule has 162 valence electrons. The van der Waals surface area contributed by atoms with Crippen LogP contribution in [0.25, 0.3) is 0 Å². The molecule has 0 amide bonds. The molecule has 0 bridgehead atoms. The van der Waals surface area contributed by atoms with Gasteiger partial charge in [-0.05, 0) is 50.3 Å². The lowest BCUT2D eigenvalue weighted by Gasteiger charge is -2.39. The Morgan fingerprint density at radius 2 is 1.97 bits per heavy atom. The summed E-state index contributed by atoms with van der Waals surface area (Å²) in [4.78, 5) is 26.3. The summed E-state index contributed by atoms with van der Waals surface area (Å²) in [5.41, 5.74) is 2.75. The van der Waals surface area contributed by atoms with Gasteiger partial charge in [-0.25, -0.2) is 4.79 Å². The van der Waals surface area contributed by atoms with Crippen LogP contribution in [0.2, 0.25) is 5.02 Å². The van der Waals surface area contributed by atoms with Crippen molar-refractivity contribution in [3.63, 3.8) is 0 Å². The summed E-state index contributed by atoms with van der Waals surface area (Å²) in [7, 11) is 1.42. The van der Waals surface area contributed by atoms with Gasteiger partial charge in [0.1, 0.15) is 0 Å². The third-order valence-electron chi connectivity index (χ3n) is 5.41. The van der Waals surface area contributed by atoms with Gasteiger partial charge in [0.05, 0.1) is 23.8 Å². The Morgan fingerprint density at radius 1 is 1.30 bits per heavy atom. The predicted octanol–water partition coefficient (Wildman–Crippen LogP) is 4.61. The molecular weight excluding hydrogens is 406 g/mol. The van der Waals surface area contributed by atoms with Crippen molar-refractivity contribution in [2.45, 2.75) is 59.5 Å². The Labute approximate surface area is 181 Å². The van der Waals surface area contributed by atoms with E-state index in [1.54, 1.807) is 32.9 Å². The zero-order valence-corrected chi connectivity index (χ0v) is 18.9. The van der Waals surface area contributed by atoms with Gasteiger partial charge in [0.25, 0.3) is 0 Å². The van der Waals surface area contributed by atoms with Crippen molar-refractivity contribution in [3.8, 4) is 11.5 Å². The van der Waals surface area contributed by atoms with Crippen molar-refractivity contribution in [1.29, 1.82) is 0 Å². The fourth-order valence-electron chi connectivity index (χ4n) is 4.23. The van der Waals surface area contributed by atoms with E-state index >= 15 is 0 Å². The van der Waals surface area contributed by atoms with Gasteiger partial charge >= 0.3 is 5.97 Å². The highest BCUT2D eigenvalue weighted by atomic mass is 35.5. The van der Waals surface area contributed by atoms with E-state index in [4.69, 9.17) is 21.1 Å². The van der Waals surface area contributed by atoms with Crippen LogP contribution in [0.1, 0.15) is 58.9 Å². The van der Waals surface area contributed by atoms with Crippen LogP contribution in [0.4, 0.5) is 0 Å². The third kappa shape index (κ3) is 4.06. The number of allylic oxidation sites excluding steroid dienone is 3. The van der Waals surface area contributed by atoms with Gasteiger partial charge in [0, 0.05) is 29.3 Å². The van der Waals surface area contributed by atoms with Crippen LogP contribution in [0.5, 0.6) is 11.5 Å². The molecule has 1 aliphatic heterocycles. The molecule has 1 aliphatic carbocycles. The minimum absolute atomic E-state index is 0.0238. The molecule has 1 unspecified atom stereocenters. The van der Waals surface area contributed by atoms with Crippen molar-refractivity contribution >= 4 is 23.4 Å². The number of carbonyl (C=O) groups excluding carboxylic acids is 2. The second-order valence-electron chi connectivity index (χ2n) is 8.94. The van der Waals surface area contributed by atoms with E-state index in [2.05, 4.69) is 5.32 Å². The number of halogens is 1. The summed E-state index contributed by atoms with van der Waals surface area (Å²) in [5.74, 6) is -1.19. The number of methoxy groups -OCH3 is 1. The fourth-order valence-corrected chi connectivity index (χ4v) is 4.45. The van der Waals surface area contributed by atoms with E-state index in [1.165, 1.54) is 7.11 Å². The van der Waals surface area contributed by atoms with Gasteiger partial charge in [0.15, 0.2) is 17.3 Å². The number of benzene rings is 1. The van der Waals surface area contributed by atoms with Crippen molar-refractivity contribution < 1.29 is 24.2 Å². The lowest BCUT2D eigenvalue weighted by Crippen LogP contribution is -2.39. The number of ketones is 1. The molecule has 7 heteroatoms. The number of hydrogen-bond donors (Lipinski definition) is 2. The summed E-state index contributed by atoms with van der Waals surface area (Å²) < 4.78 is 10.8. The number of phenols is 1. The summed E-state index contributed by atoms with van der Waals surface area (Å²) >= 11 is 6.24. The third-order valence-corrected chi connectivity index (χ3v) is 5.69. The van der Waals surface area contributed by atoms with Crippen LogP contribution >= 0.6 is 11.6 Å². The Morgan fingerprint density at radius 3 is 2.57 bits per heavy atom. The molecule has 0 spiro atoms. The molecule has 1 atom stereocenters. The summed E-state index contributed by atoms with van der Waals surface area (Å²) in [6.45, 7) is 9.46. The van der Waals surface area contributed by atoms with Crippen molar-refractivity contribution in [3.05, 3.63) is 45.3 Å². The Kier molecular flexibility index (Phi) is 5.92. The molecular formula is C23H28ClNO5. The molecule has 1 aromatic rings. The smallest absolute Gasteiger partial charge is 0.337 e. The van der Waals surface area contributed by atoms with Gasteiger partial charge in [-0.3, -0.25) is 4.79 Å². The summed E-state index contributed by atoms with van der Waals surface area (Å²) in [5, 5.41) is 13.5. The monoisotopic (exact) mass is 433 g/mol. The zero-order valence-electron chi connectivity index (χ0n) is 18.2. The standard InChI is InChI=1S/C23H28ClNO5/c1-11(2)30-22(28)18-12(3)25-15-9-23(4,5)10-16(26)20(15)19(18)13-7-14(24)21(27)17(8-13)29-6/h7-8,11,19,25,27H,9-10H2,1-6H3. The minimum atomic E-state index is -0.664. The SMILES string of the molecule is COc1cc(C2C(C(=O)OC(C)C)=C(C)NC3=C2C(=O)CC(C)(C)C3)cc(Cl)c1O. The molecule has 0 radical (unpaired) electrons. The molecule has 30 heavy (non-hydrogen) atoms. The number of carbonyl (C=O) groups is 2. The topological polar surface area (TPSA) is 84.9 Å². The van der Waals surface area contributed by atoms with E-state index in [0.29, 0.717) is 35.2 Å². The highest BCUT2D eigenvalue weighted by Crippen LogP contribution is 2.49. The maximum atomic E-state index is 13.2. The fraction of sp³-hybridized carbons (Fsp3) is 0.478. The van der Waals surface area contributed by atoms with Gasteiger partial charge in [-0.2, -0.15) is 0 Å². The van der Waals surface area contributed by atoms with Crippen molar-refractivity contribution in [2.24, 2.45) is 5.41 Å². The number of dihydropyridines is 1. The molecule has 3 rings (SSSR count). The second-order valence-corrected chi connectivity index (χ2v) is 9.34. The number of hydrogen-bond acceptors (Lipinski definition) is 6. The number of esters is 1. The highest BCUT2D eigenvalue weighted by Gasteiger charge is 2.43. The quantitative estimate of drug-likeness (QED) is 0.674. The first-order valence-corrected chi connectivity index (χ1v) is 10.3. The van der Waals surface area contributed by atoms with Crippen molar-refractivity contribution in [2.75, 3.05) is 7.11 Å². The van der Waals surface area contributed by atoms with Gasteiger partial charge in [-0.15, -0.1) is 0 Å². The molecule has 0 saturated heterocycles. The second kappa shape index (κ2) is 7.99. The first-order chi connectivity index (χ1) is 13.9. The highest BCUT2D eigenvalue weighted by molar-refractivity contribution is 6.32. The Balaban J connectivity index is 2.24. The first kappa shape index (κ1) is 22.2. The molecule has 1 heterocycles. The average molecular weight is 434 g/mol. The van der Waals surface area contributed by atoms with Gasteiger partial charge < -0.3 is 19.9 Å². The molecule has 6 nitrogen and oxygen atoms in total.